The summed E-state index contributed by atoms with van der Waals surface area (Å²) in [7, 11) is 0. The van der Waals surface area contributed by atoms with Gasteiger partial charge in [-0.25, -0.2) is 0 Å². The molecule has 0 saturated heterocycles. The number of hydrogen-bond donors (Lipinski definition) is 0. The Morgan fingerprint density at radius 3 is 1.59 bits per heavy atom. The second kappa shape index (κ2) is 14.3. The number of fused-ring (bicyclic) bond motifs is 8. The number of para-hydroxylation sites is 2. The number of nitrogens with zero attached hydrogens (tertiary/aromatic N) is 1. The van der Waals surface area contributed by atoms with Gasteiger partial charge >= 0.3 is 0 Å². The molecule has 0 aliphatic heterocycles. The van der Waals surface area contributed by atoms with Gasteiger partial charge in [0.15, 0.2) is 5.58 Å². The van der Waals surface area contributed by atoms with Crippen LogP contribution in [0.15, 0.2) is 233 Å². The average Bonchev–Trinajstić information content (AvgIpc) is 3.92. The molecule has 0 bridgehead atoms. The van der Waals surface area contributed by atoms with Crippen LogP contribution in [0.5, 0.6) is 0 Å². The Morgan fingerprint density at radius 1 is 0.295 bits per heavy atom. The third kappa shape index (κ3) is 5.82. The molecule has 3 heteroatoms. The summed E-state index contributed by atoms with van der Waals surface area (Å²) in [5, 5.41) is 6.44. The fourth-order valence-corrected chi connectivity index (χ4v) is 9.22. The summed E-state index contributed by atoms with van der Waals surface area (Å²) in [5.41, 5.74) is 15.5. The van der Waals surface area contributed by atoms with Crippen LogP contribution in [0, 0.1) is 0 Å². The molecule has 0 spiro atoms. The Morgan fingerprint density at radius 2 is 0.836 bits per heavy atom. The molecule has 0 fully saturated rings. The highest BCUT2D eigenvalue weighted by Crippen LogP contribution is 2.52. The summed E-state index contributed by atoms with van der Waals surface area (Å²) in [6, 6.07) is 79.8. The lowest BCUT2D eigenvalue weighted by atomic mass is 9.92. The van der Waals surface area contributed by atoms with E-state index >= 15 is 0 Å². The number of benzene rings is 10. The Balaban J connectivity index is 1.20. The summed E-state index contributed by atoms with van der Waals surface area (Å²) < 4.78 is 13.9. The van der Waals surface area contributed by atoms with Gasteiger partial charge < -0.3 is 13.7 Å². The van der Waals surface area contributed by atoms with Crippen LogP contribution in [0.2, 0.25) is 0 Å². The summed E-state index contributed by atoms with van der Waals surface area (Å²) in [6.45, 7) is 0. The van der Waals surface area contributed by atoms with Crippen LogP contribution >= 0.6 is 0 Å². The lowest BCUT2D eigenvalue weighted by Gasteiger charge is -2.29. The van der Waals surface area contributed by atoms with E-state index in [0.29, 0.717) is 0 Å². The fourth-order valence-electron chi connectivity index (χ4n) is 9.22. The highest BCUT2D eigenvalue weighted by atomic mass is 16.3. The Bertz CT molecular complexity index is 3570. The Kier molecular flexibility index (Phi) is 8.17. The molecule has 0 aliphatic carbocycles. The predicted molar refractivity (Wildman–Crippen MR) is 255 cm³/mol. The van der Waals surface area contributed by atoms with Crippen molar-refractivity contribution in [3.63, 3.8) is 0 Å². The van der Waals surface area contributed by atoms with Crippen molar-refractivity contribution in [3.8, 4) is 44.5 Å². The van der Waals surface area contributed by atoms with Gasteiger partial charge in [-0.3, -0.25) is 0 Å². The molecular weight excluding hydrogens is 743 g/mol. The minimum absolute atomic E-state index is 0.813. The first-order valence-electron chi connectivity index (χ1n) is 20.7. The van der Waals surface area contributed by atoms with Gasteiger partial charge in [-0.15, -0.1) is 0 Å². The molecule has 2 heterocycles. The van der Waals surface area contributed by atoms with Gasteiger partial charge in [0.2, 0.25) is 0 Å². The molecule has 12 rings (SSSR count). The van der Waals surface area contributed by atoms with Crippen molar-refractivity contribution >= 4 is 71.7 Å². The highest BCUT2D eigenvalue weighted by molar-refractivity contribution is 6.25. The highest BCUT2D eigenvalue weighted by Gasteiger charge is 2.27. The molecule has 0 atom stereocenters. The molecular formula is C58H37NO2. The van der Waals surface area contributed by atoms with E-state index in [9.17, 15) is 0 Å². The van der Waals surface area contributed by atoms with E-state index in [-0.39, 0.29) is 0 Å². The van der Waals surface area contributed by atoms with Crippen LogP contribution in [0.3, 0.4) is 0 Å². The van der Waals surface area contributed by atoms with Gasteiger partial charge in [0.25, 0.3) is 0 Å². The van der Waals surface area contributed by atoms with Gasteiger partial charge in [-0.2, -0.15) is 0 Å². The predicted octanol–water partition coefficient (Wildman–Crippen LogP) is 16.8. The molecule has 12 aromatic rings. The second-order valence-electron chi connectivity index (χ2n) is 15.6. The van der Waals surface area contributed by atoms with E-state index in [1.54, 1.807) is 0 Å². The quantitative estimate of drug-likeness (QED) is 0.161. The molecule has 0 saturated carbocycles. The van der Waals surface area contributed by atoms with Crippen molar-refractivity contribution in [2.45, 2.75) is 0 Å². The summed E-state index contributed by atoms with van der Waals surface area (Å²) in [5.74, 6) is 0. The maximum atomic E-state index is 7.07. The fraction of sp³-hybridized carbons (Fsp3) is 0. The topological polar surface area (TPSA) is 29.5 Å². The molecule has 0 radical (unpaired) electrons. The van der Waals surface area contributed by atoms with Crippen LogP contribution in [-0.2, 0) is 0 Å². The molecule has 0 unspecified atom stereocenters. The van der Waals surface area contributed by atoms with Crippen LogP contribution in [0.4, 0.5) is 17.1 Å². The zero-order chi connectivity index (χ0) is 40.3. The maximum Gasteiger partial charge on any atom is 0.159 e. The average molecular weight is 780 g/mol. The minimum atomic E-state index is 0.813. The third-order valence-electron chi connectivity index (χ3n) is 12.1. The normalized spacial score (nSPS) is 11.6. The van der Waals surface area contributed by atoms with Crippen molar-refractivity contribution in [1.29, 1.82) is 0 Å². The lowest BCUT2D eigenvalue weighted by Crippen LogP contribution is -2.12. The van der Waals surface area contributed by atoms with Crippen molar-refractivity contribution in [1.82, 2.24) is 0 Å². The van der Waals surface area contributed by atoms with E-state index < -0.39 is 0 Å². The first kappa shape index (κ1) is 34.9. The van der Waals surface area contributed by atoms with Crippen molar-refractivity contribution < 1.29 is 8.83 Å². The van der Waals surface area contributed by atoms with Gasteiger partial charge in [0.05, 0.1) is 16.8 Å². The maximum absolute atomic E-state index is 7.07. The van der Waals surface area contributed by atoms with E-state index in [1.165, 1.54) is 16.7 Å². The zero-order valence-electron chi connectivity index (χ0n) is 33.1. The van der Waals surface area contributed by atoms with Crippen molar-refractivity contribution in [2.24, 2.45) is 0 Å². The standard InChI is InChI=1S/C58H37NO2/c1-4-16-38(17-5-1)40-30-32-44(33-31-40)59(52-28-15-27-49-47-25-12-13-29-53(47)60-58(49)52)56-45(41-20-8-3-9-21-41)34-35-54-55(56)51-37-50(46-24-10-11-26-48(46)57(51)61-54)43-23-14-22-42(36-43)39-18-6-2-7-19-39/h1-37H. The number of furan rings is 2. The SMILES string of the molecule is c1ccc(-c2ccc(N(c3cccc4c3oc3ccccc34)c3c(-c4ccccc4)ccc4oc5c6ccccc6c(-c6cccc(-c7ccccc7)c6)cc5c34)cc2)cc1. The van der Waals surface area contributed by atoms with Gasteiger partial charge in [-0.05, 0) is 92.9 Å². The third-order valence-corrected chi connectivity index (χ3v) is 12.1. The van der Waals surface area contributed by atoms with Crippen LogP contribution in [0.1, 0.15) is 0 Å². The van der Waals surface area contributed by atoms with E-state index in [2.05, 4.69) is 223 Å². The van der Waals surface area contributed by atoms with E-state index in [0.717, 1.165) is 99.5 Å². The first-order valence-corrected chi connectivity index (χ1v) is 20.7. The molecule has 0 N–H and O–H groups in total. The molecule has 286 valence electrons. The van der Waals surface area contributed by atoms with Crippen molar-refractivity contribution in [3.05, 3.63) is 224 Å². The molecule has 10 aromatic carbocycles. The monoisotopic (exact) mass is 779 g/mol. The summed E-state index contributed by atoms with van der Waals surface area (Å²) >= 11 is 0. The minimum Gasteiger partial charge on any atom is -0.455 e. The number of hydrogen-bond acceptors (Lipinski definition) is 3. The summed E-state index contributed by atoms with van der Waals surface area (Å²) in [4.78, 5) is 2.39. The zero-order valence-corrected chi connectivity index (χ0v) is 33.1. The Hall–Kier alpha value is -8.14. The van der Waals surface area contributed by atoms with Gasteiger partial charge in [0, 0.05) is 32.8 Å². The molecule has 2 aromatic heterocycles. The number of anilines is 3. The van der Waals surface area contributed by atoms with E-state index in [4.69, 9.17) is 8.83 Å². The van der Waals surface area contributed by atoms with Gasteiger partial charge in [-0.1, -0.05) is 176 Å². The molecule has 3 nitrogen and oxygen atoms in total. The van der Waals surface area contributed by atoms with Crippen molar-refractivity contribution in [2.75, 3.05) is 4.90 Å². The molecule has 61 heavy (non-hydrogen) atoms. The largest absolute Gasteiger partial charge is 0.455 e. The molecule has 0 aliphatic rings. The van der Waals surface area contributed by atoms with Crippen LogP contribution in [0.25, 0.3) is 99.2 Å². The van der Waals surface area contributed by atoms with Crippen LogP contribution in [-0.4, -0.2) is 0 Å². The van der Waals surface area contributed by atoms with Gasteiger partial charge in [0.1, 0.15) is 16.7 Å². The number of rotatable bonds is 7. The lowest BCUT2D eigenvalue weighted by molar-refractivity contribution is 0.669. The summed E-state index contributed by atoms with van der Waals surface area (Å²) in [6.07, 6.45) is 0. The van der Waals surface area contributed by atoms with Crippen LogP contribution < -0.4 is 4.90 Å². The second-order valence-corrected chi connectivity index (χ2v) is 15.6. The first-order chi connectivity index (χ1) is 30.3. The smallest absolute Gasteiger partial charge is 0.159 e. The van der Waals surface area contributed by atoms with E-state index in [1.807, 2.05) is 6.07 Å². The Labute approximate surface area is 353 Å². The molecule has 0 amide bonds.